The number of hydrogen-bond donors (Lipinski definition) is 2. The molecule has 0 aliphatic heterocycles. The Morgan fingerprint density at radius 3 is 2.95 bits per heavy atom. The Balaban J connectivity index is 2.13. The third-order valence-electron chi connectivity index (χ3n) is 2.14. The molecule has 1 aromatic rings. The van der Waals surface area contributed by atoms with Gasteiger partial charge in [-0.3, -0.25) is 0 Å². The molecule has 0 bridgehead atoms. The Hall–Kier alpha value is -1.95. The lowest BCUT2D eigenvalue weighted by atomic mass is 10.4. The number of urea groups is 1. The van der Waals surface area contributed by atoms with E-state index in [9.17, 15) is 4.79 Å². The Labute approximate surface area is 113 Å². The van der Waals surface area contributed by atoms with Crippen LogP contribution in [0.25, 0.3) is 0 Å². The van der Waals surface area contributed by atoms with Crippen molar-refractivity contribution >= 4 is 6.03 Å². The van der Waals surface area contributed by atoms with E-state index >= 15 is 0 Å². The smallest absolute Gasteiger partial charge is 0.315 e. The van der Waals surface area contributed by atoms with E-state index in [-0.39, 0.29) is 6.03 Å². The average Bonchev–Trinajstić information content (AvgIpc) is 2.35. The zero-order valence-electron chi connectivity index (χ0n) is 11.4. The van der Waals surface area contributed by atoms with Crippen molar-refractivity contribution in [1.82, 2.24) is 20.6 Å². The number of nitrogens with zero attached hydrogens (tertiary/aromatic N) is 2. The van der Waals surface area contributed by atoms with Crippen LogP contribution in [-0.2, 0) is 11.3 Å². The first-order chi connectivity index (χ1) is 9.08. The summed E-state index contributed by atoms with van der Waals surface area (Å²) in [5, 5.41) is 5.41. The number of ether oxygens (including phenoxy) is 1. The molecular weight excluding hydrogens is 244 g/mol. The van der Waals surface area contributed by atoms with Crippen molar-refractivity contribution in [3.05, 3.63) is 35.9 Å². The van der Waals surface area contributed by atoms with Gasteiger partial charge in [-0.15, -0.1) is 0 Å². The van der Waals surface area contributed by atoms with Gasteiger partial charge in [0, 0.05) is 12.7 Å². The third kappa shape index (κ3) is 7.15. The fraction of sp³-hybridized carbons (Fsp3) is 0.462. The Kier molecular flexibility index (Phi) is 6.52. The molecule has 0 saturated carbocycles. The normalized spacial score (nSPS) is 10.0. The minimum atomic E-state index is -0.241. The molecule has 1 aromatic heterocycles. The van der Waals surface area contributed by atoms with E-state index in [4.69, 9.17) is 4.74 Å². The van der Waals surface area contributed by atoms with E-state index in [0.29, 0.717) is 32.1 Å². The van der Waals surface area contributed by atoms with Gasteiger partial charge in [0.25, 0.3) is 0 Å². The molecule has 1 rings (SSSR count). The molecule has 1 heterocycles. The molecule has 0 aliphatic rings. The molecule has 0 radical (unpaired) electrons. The fourth-order valence-electron chi connectivity index (χ4n) is 1.32. The van der Waals surface area contributed by atoms with Crippen molar-refractivity contribution in [2.24, 2.45) is 0 Å². The second kappa shape index (κ2) is 8.20. The van der Waals surface area contributed by atoms with Crippen LogP contribution in [0.4, 0.5) is 4.79 Å². The van der Waals surface area contributed by atoms with Crippen LogP contribution in [-0.4, -0.2) is 35.8 Å². The second-order valence-corrected chi connectivity index (χ2v) is 4.21. The summed E-state index contributed by atoms with van der Waals surface area (Å²) in [6.07, 6.45) is 1.67. The first-order valence-corrected chi connectivity index (χ1v) is 6.10. The van der Waals surface area contributed by atoms with Crippen LogP contribution in [0.1, 0.15) is 18.4 Å². The summed E-state index contributed by atoms with van der Waals surface area (Å²) in [5.41, 5.74) is 1.74. The largest absolute Gasteiger partial charge is 0.375 e. The number of aromatic nitrogens is 2. The van der Waals surface area contributed by atoms with Gasteiger partial charge in [0.05, 0.1) is 25.5 Å². The zero-order chi connectivity index (χ0) is 14.1. The summed E-state index contributed by atoms with van der Waals surface area (Å²) in [6.45, 7) is 9.24. The fourth-order valence-corrected chi connectivity index (χ4v) is 1.32. The van der Waals surface area contributed by atoms with E-state index in [1.165, 1.54) is 0 Å². The second-order valence-electron chi connectivity index (χ2n) is 4.21. The van der Waals surface area contributed by atoms with Crippen LogP contribution in [0.3, 0.4) is 0 Å². The maximum absolute atomic E-state index is 11.5. The third-order valence-corrected chi connectivity index (χ3v) is 2.14. The number of hydrogen-bond acceptors (Lipinski definition) is 4. The molecule has 2 N–H and O–H groups in total. The quantitative estimate of drug-likeness (QED) is 0.572. The van der Waals surface area contributed by atoms with E-state index in [2.05, 4.69) is 27.2 Å². The van der Waals surface area contributed by atoms with Gasteiger partial charge in [0.1, 0.15) is 5.82 Å². The molecule has 6 heteroatoms. The van der Waals surface area contributed by atoms with Crippen LogP contribution >= 0.6 is 0 Å². The van der Waals surface area contributed by atoms with Gasteiger partial charge in [0.2, 0.25) is 0 Å². The van der Waals surface area contributed by atoms with E-state index in [0.717, 1.165) is 11.3 Å². The number of rotatable bonds is 7. The highest BCUT2D eigenvalue weighted by Crippen LogP contribution is 1.93. The van der Waals surface area contributed by atoms with Crippen LogP contribution in [0.5, 0.6) is 0 Å². The molecule has 19 heavy (non-hydrogen) atoms. The van der Waals surface area contributed by atoms with Gasteiger partial charge in [-0.25, -0.2) is 14.8 Å². The highest BCUT2D eigenvalue weighted by molar-refractivity contribution is 5.73. The maximum atomic E-state index is 11.5. The molecule has 0 atom stereocenters. The first kappa shape index (κ1) is 15.1. The van der Waals surface area contributed by atoms with Gasteiger partial charge in [-0.2, -0.15) is 0 Å². The molecule has 0 spiro atoms. The summed E-state index contributed by atoms with van der Waals surface area (Å²) < 4.78 is 5.26. The van der Waals surface area contributed by atoms with Crippen molar-refractivity contribution < 1.29 is 9.53 Å². The minimum Gasteiger partial charge on any atom is -0.375 e. The van der Waals surface area contributed by atoms with Gasteiger partial charge in [-0.1, -0.05) is 12.2 Å². The summed E-state index contributed by atoms with van der Waals surface area (Å²) in [5.74, 6) is 0.688. The molecule has 0 saturated heterocycles. The summed E-state index contributed by atoms with van der Waals surface area (Å²) >= 11 is 0. The van der Waals surface area contributed by atoms with Crippen molar-refractivity contribution in [2.45, 2.75) is 20.4 Å². The lowest BCUT2D eigenvalue weighted by molar-refractivity contribution is 0.158. The van der Waals surface area contributed by atoms with Gasteiger partial charge in [-0.05, 0) is 19.9 Å². The number of nitrogens with one attached hydrogen (secondary N) is 2. The molecule has 104 valence electrons. The van der Waals surface area contributed by atoms with Crippen LogP contribution in [0.15, 0.2) is 24.4 Å². The molecule has 6 nitrogen and oxygen atoms in total. The number of aryl methyl sites for hydroxylation is 1. The predicted octanol–water partition coefficient (Wildman–Crippen LogP) is 1.18. The molecule has 0 aliphatic carbocycles. The van der Waals surface area contributed by atoms with Crippen molar-refractivity contribution in [3.8, 4) is 0 Å². The van der Waals surface area contributed by atoms with E-state index in [1.807, 2.05) is 13.8 Å². The van der Waals surface area contributed by atoms with Crippen molar-refractivity contribution in [1.29, 1.82) is 0 Å². The molecular formula is C13H20N4O2. The van der Waals surface area contributed by atoms with Crippen LogP contribution in [0.2, 0.25) is 0 Å². The van der Waals surface area contributed by atoms with Gasteiger partial charge in [0.15, 0.2) is 0 Å². The Morgan fingerprint density at radius 1 is 1.47 bits per heavy atom. The highest BCUT2D eigenvalue weighted by Gasteiger charge is 2.01. The average molecular weight is 264 g/mol. The number of amides is 2. The van der Waals surface area contributed by atoms with Crippen LogP contribution in [0, 0.1) is 6.92 Å². The van der Waals surface area contributed by atoms with Crippen molar-refractivity contribution in [2.75, 3.05) is 19.8 Å². The van der Waals surface area contributed by atoms with E-state index < -0.39 is 0 Å². The van der Waals surface area contributed by atoms with Gasteiger partial charge >= 0.3 is 6.03 Å². The lowest BCUT2D eigenvalue weighted by Crippen LogP contribution is -2.37. The van der Waals surface area contributed by atoms with E-state index in [1.54, 1.807) is 12.3 Å². The molecule has 0 unspecified atom stereocenters. The predicted molar refractivity (Wildman–Crippen MR) is 72.6 cm³/mol. The SMILES string of the molecule is C=C(C)COCCNC(=O)NCc1ccnc(C)n1. The van der Waals surface area contributed by atoms with Crippen LogP contribution < -0.4 is 10.6 Å². The number of carbonyl (C=O) groups excluding carboxylic acids is 1. The molecule has 2 amide bonds. The summed E-state index contributed by atoms with van der Waals surface area (Å²) in [4.78, 5) is 19.6. The van der Waals surface area contributed by atoms with Gasteiger partial charge < -0.3 is 15.4 Å². The standard InChI is InChI=1S/C13H20N4O2/c1-10(2)9-19-7-6-15-13(18)16-8-12-4-5-14-11(3)17-12/h4-5H,1,6-9H2,2-3H3,(H2,15,16,18). The highest BCUT2D eigenvalue weighted by atomic mass is 16.5. The lowest BCUT2D eigenvalue weighted by Gasteiger charge is -2.08. The molecule has 0 aromatic carbocycles. The first-order valence-electron chi connectivity index (χ1n) is 6.10. The minimum absolute atomic E-state index is 0.241. The summed E-state index contributed by atoms with van der Waals surface area (Å²) in [6, 6.07) is 1.53. The zero-order valence-corrected chi connectivity index (χ0v) is 11.4. The molecule has 0 fully saturated rings. The topological polar surface area (TPSA) is 76.1 Å². The summed E-state index contributed by atoms with van der Waals surface area (Å²) in [7, 11) is 0. The maximum Gasteiger partial charge on any atom is 0.315 e. The Morgan fingerprint density at radius 2 is 2.26 bits per heavy atom. The Bertz CT molecular complexity index is 434. The monoisotopic (exact) mass is 264 g/mol. The van der Waals surface area contributed by atoms with Crippen molar-refractivity contribution in [3.63, 3.8) is 0 Å². The number of carbonyl (C=O) groups is 1.